The maximum Gasteiger partial charge on any atom is 0.248 e. The Kier molecular flexibility index (Phi) is 3.73. The van der Waals surface area contributed by atoms with Gasteiger partial charge in [-0.25, -0.2) is 4.68 Å². The van der Waals surface area contributed by atoms with Gasteiger partial charge in [0.25, 0.3) is 0 Å². The quantitative estimate of drug-likeness (QED) is 0.673. The van der Waals surface area contributed by atoms with Gasteiger partial charge in [0.05, 0.1) is 5.69 Å². The molecule has 0 saturated carbocycles. The first-order valence-corrected chi connectivity index (χ1v) is 6.71. The van der Waals surface area contributed by atoms with Crippen molar-refractivity contribution in [2.24, 2.45) is 0 Å². The molecule has 0 amide bonds. The standard InChI is InChI=1S/C13H12ClN5O/c14-7-6-11-8-19(18-16-11)9-12-15-13(17-20-12)10-4-2-1-3-5-10/h1-5,8H,6-7,9H2. The van der Waals surface area contributed by atoms with E-state index in [0.717, 1.165) is 11.3 Å². The molecule has 7 heteroatoms. The second-order valence-electron chi connectivity index (χ2n) is 4.22. The molecular weight excluding hydrogens is 278 g/mol. The lowest BCUT2D eigenvalue weighted by Gasteiger charge is -1.93. The van der Waals surface area contributed by atoms with Crippen molar-refractivity contribution in [1.29, 1.82) is 0 Å². The van der Waals surface area contributed by atoms with Gasteiger partial charge < -0.3 is 4.52 Å². The van der Waals surface area contributed by atoms with Crippen molar-refractivity contribution in [1.82, 2.24) is 25.1 Å². The fourth-order valence-corrected chi connectivity index (χ4v) is 1.98. The van der Waals surface area contributed by atoms with Crippen LogP contribution in [-0.2, 0) is 13.0 Å². The number of hydrogen-bond donors (Lipinski definition) is 0. The van der Waals surface area contributed by atoms with Gasteiger partial charge in [-0.1, -0.05) is 40.7 Å². The first-order chi connectivity index (χ1) is 9.85. The van der Waals surface area contributed by atoms with E-state index in [4.69, 9.17) is 16.1 Å². The van der Waals surface area contributed by atoms with E-state index in [1.807, 2.05) is 36.5 Å². The van der Waals surface area contributed by atoms with Crippen molar-refractivity contribution < 1.29 is 4.52 Å². The normalized spacial score (nSPS) is 10.8. The van der Waals surface area contributed by atoms with Crippen LogP contribution in [0, 0.1) is 0 Å². The maximum absolute atomic E-state index is 5.66. The molecule has 0 N–H and O–H groups in total. The van der Waals surface area contributed by atoms with Crippen LogP contribution < -0.4 is 0 Å². The lowest BCUT2D eigenvalue weighted by atomic mass is 10.2. The molecule has 0 atom stereocenters. The first-order valence-electron chi connectivity index (χ1n) is 6.18. The van der Waals surface area contributed by atoms with E-state index in [0.29, 0.717) is 30.6 Å². The summed E-state index contributed by atoms with van der Waals surface area (Å²) in [6.07, 6.45) is 2.52. The highest BCUT2D eigenvalue weighted by atomic mass is 35.5. The molecule has 0 spiro atoms. The zero-order chi connectivity index (χ0) is 13.8. The van der Waals surface area contributed by atoms with Crippen molar-refractivity contribution in [2.75, 3.05) is 5.88 Å². The van der Waals surface area contributed by atoms with Crippen LogP contribution in [0.15, 0.2) is 41.1 Å². The highest BCUT2D eigenvalue weighted by Crippen LogP contribution is 2.15. The minimum Gasteiger partial charge on any atom is -0.337 e. The lowest BCUT2D eigenvalue weighted by Crippen LogP contribution is -2.00. The molecular formula is C13H12ClN5O. The summed E-state index contributed by atoms with van der Waals surface area (Å²) in [4.78, 5) is 4.34. The van der Waals surface area contributed by atoms with Crippen LogP contribution in [-0.4, -0.2) is 31.0 Å². The van der Waals surface area contributed by atoms with Crippen molar-refractivity contribution in [3.05, 3.63) is 48.1 Å². The molecule has 2 heterocycles. The van der Waals surface area contributed by atoms with Gasteiger partial charge in [0.1, 0.15) is 6.54 Å². The van der Waals surface area contributed by atoms with Crippen LogP contribution >= 0.6 is 11.6 Å². The van der Waals surface area contributed by atoms with Gasteiger partial charge in [0.15, 0.2) is 0 Å². The number of alkyl halides is 1. The van der Waals surface area contributed by atoms with Gasteiger partial charge >= 0.3 is 0 Å². The predicted molar refractivity (Wildman–Crippen MR) is 73.3 cm³/mol. The summed E-state index contributed by atoms with van der Waals surface area (Å²) in [5.74, 6) is 1.59. The number of rotatable bonds is 5. The summed E-state index contributed by atoms with van der Waals surface area (Å²) in [5.41, 5.74) is 1.77. The van der Waals surface area contributed by atoms with E-state index < -0.39 is 0 Å². The number of aromatic nitrogens is 5. The van der Waals surface area contributed by atoms with E-state index >= 15 is 0 Å². The van der Waals surface area contributed by atoms with E-state index in [1.54, 1.807) is 4.68 Å². The third-order valence-corrected chi connectivity index (χ3v) is 2.92. The second kappa shape index (κ2) is 5.83. The SMILES string of the molecule is ClCCc1cn(Cc2nc(-c3ccccc3)no2)nn1. The third-order valence-electron chi connectivity index (χ3n) is 2.73. The number of halogens is 1. The Hall–Kier alpha value is -2.21. The number of benzene rings is 1. The molecule has 20 heavy (non-hydrogen) atoms. The van der Waals surface area contributed by atoms with Crippen LogP contribution in [0.2, 0.25) is 0 Å². The summed E-state index contributed by atoms with van der Waals surface area (Å²) < 4.78 is 6.87. The molecule has 102 valence electrons. The smallest absolute Gasteiger partial charge is 0.248 e. The molecule has 6 nitrogen and oxygen atoms in total. The maximum atomic E-state index is 5.66. The van der Waals surface area contributed by atoms with Crippen molar-refractivity contribution in [2.45, 2.75) is 13.0 Å². The summed E-state index contributed by atoms with van der Waals surface area (Å²) >= 11 is 5.66. The Labute approximate surface area is 120 Å². The van der Waals surface area contributed by atoms with E-state index in [9.17, 15) is 0 Å². The minimum atomic E-state index is 0.398. The fourth-order valence-electron chi connectivity index (χ4n) is 1.79. The number of nitrogens with zero attached hydrogens (tertiary/aromatic N) is 5. The summed E-state index contributed by atoms with van der Waals surface area (Å²) in [5, 5.41) is 12.0. The lowest BCUT2D eigenvalue weighted by molar-refractivity contribution is 0.364. The van der Waals surface area contributed by atoms with Gasteiger partial charge in [-0.2, -0.15) is 4.98 Å². The third kappa shape index (κ3) is 2.85. The molecule has 3 aromatic rings. The Balaban J connectivity index is 1.73. The summed E-state index contributed by atoms with van der Waals surface area (Å²) in [6, 6.07) is 9.67. The fraction of sp³-hybridized carbons (Fsp3) is 0.231. The van der Waals surface area contributed by atoms with Gasteiger partial charge in [0.2, 0.25) is 11.7 Å². The van der Waals surface area contributed by atoms with Crippen LogP contribution in [0.1, 0.15) is 11.6 Å². The Morgan fingerprint density at radius 3 is 2.85 bits per heavy atom. The van der Waals surface area contributed by atoms with Gasteiger partial charge in [0, 0.05) is 24.1 Å². The molecule has 0 aliphatic carbocycles. The summed E-state index contributed by atoms with van der Waals surface area (Å²) in [6.45, 7) is 0.398. The zero-order valence-corrected chi connectivity index (χ0v) is 11.4. The molecule has 2 aromatic heterocycles. The number of hydrogen-bond acceptors (Lipinski definition) is 5. The van der Waals surface area contributed by atoms with Crippen molar-refractivity contribution in [3.8, 4) is 11.4 Å². The summed E-state index contributed by atoms with van der Waals surface area (Å²) in [7, 11) is 0. The second-order valence-corrected chi connectivity index (χ2v) is 4.60. The van der Waals surface area contributed by atoms with E-state index in [-0.39, 0.29) is 0 Å². The highest BCUT2D eigenvalue weighted by Gasteiger charge is 2.09. The Bertz CT molecular complexity index is 679. The molecule has 3 rings (SSSR count). The van der Waals surface area contributed by atoms with E-state index in [1.165, 1.54) is 0 Å². The van der Waals surface area contributed by atoms with E-state index in [2.05, 4.69) is 20.5 Å². The van der Waals surface area contributed by atoms with Crippen molar-refractivity contribution >= 4 is 11.6 Å². The minimum absolute atomic E-state index is 0.398. The van der Waals surface area contributed by atoms with Gasteiger partial charge in [-0.15, -0.1) is 16.7 Å². The molecule has 0 bridgehead atoms. The average molecular weight is 290 g/mol. The number of aryl methyl sites for hydroxylation is 1. The topological polar surface area (TPSA) is 69.6 Å². The Morgan fingerprint density at radius 2 is 2.05 bits per heavy atom. The Morgan fingerprint density at radius 1 is 1.20 bits per heavy atom. The molecule has 0 aliphatic rings. The van der Waals surface area contributed by atoms with Gasteiger partial charge in [-0.3, -0.25) is 0 Å². The largest absolute Gasteiger partial charge is 0.337 e. The molecule has 0 saturated heterocycles. The zero-order valence-electron chi connectivity index (χ0n) is 10.6. The molecule has 1 aromatic carbocycles. The molecule has 0 radical (unpaired) electrons. The van der Waals surface area contributed by atoms with Crippen LogP contribution in [0.4, 0.5) is 0 Å². The van der Waals surface area contributed by atoms with Gasteiger partial charge in [-0.05, 0) is 0 Å². The average Bonchev–Trinajstić information content (AvgIpc) is 3.11. The van der Waals surface area contributed by atoms with Crippen molar-refractivity contribution in [3.63, 3.8) is 0 Å². The first kappa shape index (κ1) is 12.8. The highest BCUT2D eigenvalue weighted by molar-refractivity contribution is 6.17. The predicted octanol–water partition coefficient (Wildman–Crippen LogP) is 2.16. The van der Waals surface area contributed by atoms with Crippen LogP contribution in [0.25, 0.3) is 11.4 Å². The molecule has 0 unspecified atom stereocenters. The molecule has 0 aliphatic heterocycles. The molecule has 0 fully saturated rings. The van der Waals surface area contributed by atoms with Crippen LogP contribution in [0.3, 0.4) is 0 Å². The monoisotopic (exact) mass is 289 g/mol. The van der Waals surface area contributed by atoms with Crippen LogP contribution in [0.5, 0.6) is 0 Å².